The molecular weight excluding hydrogens is 304 g/mol. The van der Waals surface area contributed by atoms with Crippen molar-refractivity contribution < 1.29 is 14.3 Å². The molecule has 0 bridgehead atoms. The summed E-state index contributed by atoms with van der Waals surface area (Å²) in [6, 6.07) is 16.6. The van der Waals surface area contributed by atoms with E-state index in [1.807, 2.05) is 37.3 Å². The van der Waals surface area contributed by atoms with Crippen LogP contribution in [-0.2, 0) is 4.79 Å². The van der Waals surface area contributed by atoms with Crippen molar-refractivity contribution in [2.45, 2.75) is 6.92 Å². The molecule has 124 valence electrons. The molecule has 0 saturated carbocycles. The van der Waals surface area contributed by atoms with Gasteiger partial charge in [-0.05, 0) is 30.7 Å². The van der Waals surface area contributed by atoms with Gasteiger partial charge < -0.3 is 14.4 Å². The summed E-state index contributed by atoms with van der Waals surface area (Å²) >= 11 is 0. The lowest BCUT2D eigenvalue weighted by molar-refractivity contribution is -0.132. The second-order valence-electron chi connectivity index (χ2n) is 5.33. The number of rotatable bonds is 7. The number of carbonyl (C=O) groups excluding carboxylic acids is 1. The molecule has 0 fully saturated rings. The molecule has 5 heteroatoms. The molecule has 0 N–H and O–H groups in total. The summed E-state index contributed by atoms with van der Waals surface area (Å²) in [5, 5.41) is 9.00. The zero-order chi connectivity index (χ0) is 17.4. The van der Waals surface area contributed by atoms with E-state index in [0.717, 1.165) is 11.3 Å². The van der Waals surface area contributed by atoms with Gasteiger partial charge in [-0.3, -0.25) is 4.79 Å². The minimum atomic E-state index is -0.170. The predicted molar refractivity (Wildman–Crippen MR) is 91.0 cm³/mol. The average molecular weight is 324 g/mol. The van der Waals surface area contributed by atoms with Crippen molar-refractivity contribution in [2.24, 2.45) is 0 Å². The van der Waals surface area contributed by atoms with Gasteiger partial charge in [-0.15, -0.1) is 0 Å². The third kappa shape index (κ3) is 4.75. The molecule has 5 nitrogen and oxygen atoms in total. The van der Waals surface area contributed by atoms with Crippen molar-refractivity contribution in [1.82, 2.24) is 4.90 Å². The van der Waals surface area contributed by atoms with E-state index in [9.17, 15) is 4.79 Å². The van der Waals surface area contributed by atoms with E-state index in [2.05, 4.69) is 0 Å². The fourth-order valence-corrected chi connectivity index (χ4v) is 2.07. The average Bonchev–Trinajstić information content (AvgIpc) is 2.61. The highest BCUT2D eigenvalue weighted by atomic mass is 16.5. The van der Waals surface area contributed by atoms with E-state index in [0.29, 0.717) is 24.5 Å². The summed E-state index contributed by atoms with van der Waals surface area (Å²) in [5.74, 6) is 1.06. The molecule has 0 radical (unpaired) electrons. The lowest BCUT2D eigenvalue weighted by Crippen LogP contribution is -2.34. The molecule has 0 spiro atoms. The van der Waals surface area contributed by atoms with Gasteiger partial charge in [-0.25, -0.2) is 0 Å². The third-order valence-electron chi connectivity index (χ3n) is 3.56. The van der Waals surface area contributed by atoms with Gasteiger partial charge in [0.25, 0.3) is 5.91 Å². The van der Waals surface area contributed by atoms with Crippen LogP contribution in [0.25, 0.3) is 0 Å². The number of likely N-dealkylation sites (N-methyl/N-ethyl adjacent to an activating group) is 1. The highest BCUT2D eigenvalue weighted by Crippen LogP contribution is 2.17. The Bertz CT molecular complexity index is 737. The molecule has 24 heavy (non-hydrogen) atoms. The smallest absolute Gasteiger partial charge is 0.260 e. The first-order valence-corrected chi connectivity index (χ1v) is 7.66. The van der Waals surface area contributed by atoms with E-state index in [1.165, 1.54) is 0 Å². The van der Waals surface area contributed by atoms with Crippen LogP contribution in [0, 0.1) is 18.3 Å². The second-order valence-corrected chi connectivity index (χ2v) is 5.33. The zero-order valence-electron chi connectivity index (χ0n) is 13.9. The van der Waals surface area contributed by atoms with Gasteiger partial charge in [0.2, 0.25) is 0 Å². The van der Waals surface area contributed by atoms with Crippen molar-refractivity contribution in [3.05, 3.63) is 59.7 Å². The summed E-state index contributed by atoms with van der Waals surface area (Å²) in [6.07, 6.45) is 0. The van der Waals surface area contributed by atoms with E-state index < -0.39 is 0 Å². The maximum atomic E-state index is 12.1. The van der Waals surface area contributed by atoms with Crippen LogP contribution in [-0.4, -0.2) is 37.6 Å². The van der Waals surface area contributed by atoms with Crippen LogP contribution >= 0.6 is 0 Å². The summed E-state index contributed by atoms with van der Waals surface area (Å²) < 4.78 is 11.1. The number of carbonyl (C=O) groups is 1. The van der Waals surface area contributed by atoms with Crippen LogP contribution < -0.4 is 9.47 Å². The van der Waals surface area contributed by atoms with Crippen molar-refractivity contribution in [3.63, 3.8) is 0 Å². The summed E-state index contributed by atoms with van der Waals surface area (Å²) in [4.78, 5) is 13.6. The normalized spacial score (nSPS) is 9.88. The minimum absolute atomic E-state index is 0.112. The molecular formula is C19H20N2O3. The van der Waals surface area contributed by atoms with E-state index >= 15 is 0 Å². The van der Waals surface area contributed by atoms with Gasteiger partial charge in [0.1, 0.15) is 24.2 Å². The summed E-state index contributed by atoms with van der Waals surface area (Å²) in [7, 11) is 1.70. The van der Waals surface area contributed by atoms with Gasteiger partial charge in [-0.1, -0.05) is 30.3 Å². The summed E-state index contributed by atoms with van der Waals surface area (Å²) in [6.45, 7) is 2.72. The molecule has 0 aliphatic rings. The van der Waals surface area contributed by atoms with Crippen molar-refractivity contribution in [1.29, 1.82) is 5.26 Å². The van der Waals surface area contributed by atoms with Crippen molar-refractivity contribution >= 4 is 5.91 Å². The number of hydrogen-bond acceptors (Lipinski definition) is 4. The fourth-order valence-electron chi connectivity index (χ4n) is 2.07. The highest BCUT2D eigenvalue weighted by Gasteiger charge is 2.11. The molecule has 0 aromatic heterocycles. The van der Waals surface area contributed by atoms with Gasteiger partial charge in [0.15, 0.2) is 6.61 Å². The number of nitriles is 1. The van der Waals surface area contributed by atoms with Crippen LogP contribution in [0.4, 0.5) is 0 Å². The van der Waals surface area contributed by atoms with E-state index in [1.54, 1.807) is 36.2 Å². The quantitative estimate of drug-likeness (QED) is 0.785. The Morgan fingerprint density at radius 3 is 2.46 bits per heavy atom. The largest absolute Gasteiger partial charge is 0.491 e. The lowest BCUT2D eigenvalue weighted by Gasteiger charge is -2.18. The van der Waals surface area contributed by atoms with Gasteiger partial charge in [0.05, 0.1) is 12.1 Å². The number of nitrogens with zero attached hydrogens (tertiary/aromatic N) is 2. The number of ether oxygens (including phenoxy) is 2. The number of benzene rings is 2. The van der Waals surface area contributed by atoms with Crippen molar-refractivity contribution in [3.8, 4) is 17.6 Å². The zero-order valence-corrected chi connectivity index (χ0v) is 13.9. The first-order valence-electron chi connectivity index (χ1n) is 7.66. The van der Waals surface area contributed by atoms with Gasteiger partial charge in [-0.2, -0.15) is 5.26 Å². The topological polar surface area (TPSA) is 62.6 Å². The summed E-state index contributed by atoms with van der Waals surface area (Å²) in [5.41, 5.74) is 1.47. The molecule has 0 aliphatic carbocycles. The Balaban J connectivity index is 1.78. The van der Waals surface area contributed by atoms with Crippen LogP contribution in [0.3, 0.4) is 0 Å². The first-order chi connectivity index (χ1) is 11.6. The molecule has 0 saturated heterocycles. The molecule has 0 unspecified atom stereocenters. The minimum Gasteiger partial charge on any atom is -0.491 e. The second kappa shape index (κ2) is 8.59. The Morgan fingerprint density at radius 2 is 1.75 bits per heavy atom. The van der Waals surface area contributed by atoms with Gasteiger partial charge >= 0.3 is 0 Å². The number of hydrogen-bond donors (Lipinski definition) is 0. The Labute approximate surface area is 142 Å². The SMILES string of the molecule is Cc1ccccc1OCCN(C)C(=O)COc1ccccc1C#N. The lowest BCUT2D eigenvalue weighted by atomic mass is 10.2. The number of aryl methyl sites for hydroxylation is 1. The van der Waals surface area contributed by atoms with Gasteiger partial charge in [0, 0.05) is 7.05 Å². The number of amides is 1. The molecule has 0 aliphatic heterocycles. The highest BCUT2D eigenvalue weighted by molar-refractivity contribution is 5.77. The van der Waals surface area contributed by atoms with Crippen LogP contribution in [0.5, 0.6) is 11.5 Å². The molecule has 0 atom stereocenters. The molecule has 2 aromatic carbocycles. The molecule has 2 aromatic rings. The van der Waals surface area contributed by atoms with Crippen LogP contribution in [0.2, 0.25) is 0 Å². The maximum absolute atomic E-state index is 12.1. The van der Waals surface area contributed by atoms with Crippen molar-refractivity contribution in [2.75, 3.05) is 26.8 Å². The predicted octanol–water partition coefficient (Wildman–Crippen LogP) is 2.78. The first kappa shape index (κ1) is 17.4. The van der Waals surface area contributed by atoms with E-state index in [4.69, 9.17) is 14.7 Å². The monoisotopic (exact) mass is 324 g/mol. The number of para-hydroxylation sites is 2. The Morgan fingerprint density at radius 1 is 1.08 bits per heavy atom. The fraction of sp³-hybridized carbons (Fsp3) is 0.263. The Hall–Kier alpha value is -3.00. The third-order valence-corrected chi connectivity index (χ3v) is 3.56. The van der Waals surface area contributed by atoms with E-state index in [-0.39, 0.29) is 12.5 Å². The van der Waals surface area contributed by atoms with Crippen LogP contribution in [0.1, 0.15) is 11.1 Å². The Kier molecular flexibility index (Phi) is 6.21. The standard InChI is InChI=1S/C19H20N2O3/c1-15-7-3-5-9-17(15)23-12-11-21(2)19(22)14-24-18-10-6-4-8-16(18)13-20/h3-10H,11-12,14H2,1-2H3. The maximum Gasteiger partial charge on any atom is 0.260 e. The molecule has 1 amide bonds. The molecule has 0 heterocycles. The molecule has 2 rings (SSSR count). The van der Waals surface area contributed by atoms with Crippen LogP contribution in [0.15, 0.2) is 48.5 Å².